The molecule has 6 nitrogen and oxygen atoms in total. The van der Waals surface area contributed by atoms with Crippen LogP contribution in [0.4, 0.5) is 18.9 Å². The summed E-state index contributed by atoms with van der Waals surface area (Å²) in [6.07, 6.45) is -3.78. The van der Waals surface area contributed by atoms with E-state index in [1.54, 1.807) is 0 Å². The number of carbonyl (C=O) groups is 1. The molecule has 0 bridgehead atoms. The van der Waals surface area contributed by atoms with Crippen LogP contribution in [0.2, 0.25) is 5.02 Å². The van der Waals surface area contributed by atoms with Gasteiger partial charge in [0, 0.05) is 22.0 Å². The molecule has 0 heterocycles. The summed E-state index contributed by atoms with van der Waals surface area (Å²) in [6.45, 7) is 0.280. The maximum Gasteiger partial charge on any atom is 0.426 e. The number of alkyl halides is 3. The van der Waals surface area contributed by atoms with Crippen LogP contribution >= 0.6 is 11.6 Å². The monoisotopic (exact) mass is 469 g/mol. The molecule has 2 atom stereocenters. The predicted octanol–water partition coefficient (Wildman–Crippen LogP) is 3.16. The summed E-state index contributed by atoms with van der Waals surface area (Å²) in [5.41, 5.74) is -3.97. The molecule has 0 aliphatic heterocycles. The van der Waals surface area contributed by atoms with Gasteiger partial charge in [-0.15, -0.1) is 0 Å². The molecule has 2 N–H and O–H groups in total. The van der Waals surface area contributed by atoms with E-state index < -0.39 is 38.3 Å². The number of amides is 1. The number of carbonyl (C=O) groups excluding carboxylic acids is 1. The van der Waals surface area contributed by atoms with Crippen LogP contribution in [0, 0.1) is 0 Å². The molecule has 0 radical (unpaired) electrons. The molecule has 0 aliphatic carbocycles. The molecule has 2 aromatic carbocycles. The second-order valence-electron chi connectivity index (χ2n) is 6.09. The van der Waals surface area contributed by atoms with Gasteiger partial charge in [0.2, 0.25) is 15.4 Å². The molecule has 29 heavy (non-hydrogen) atoms. The van der Waals surface area contributed by atoms with Crippen LogP contribution < -0.4 is 5.32 Å². The summed E-state index contributed by atoms with van der Waals surface area (Å²) in [4.78, 5) is 11.8. The molecule has 2 rings (SSSR count). The summed E-state index contributed by atoms with van der Waals surface area (Å²) >= 11 is 5.92. The number of hydrogen-bond acceptors (Lipinski definition) is 5. The molecule has 0 aromatic heterocycles. The van der Waals surface area contributed by atoms with Crippen LogP contribution in [0.3, 0.4) is 0 Å². The Kier molecular flexibility index (Phi) is 6.48. The van der Waals surface area contributed by atoms with Crippen molar-refractivity contribution in [2.24, 2.45) is 0 Å². The van der Waals surface area contributed by atoms with Gasteiger partial charge >= 0.3 is 6.18 Å². The summed E-state index contributed by atoms with van der Waals surface area (Å²) in [5, 5.41) is 10.8. The number of halogens is 4. The van der Waals surface area contributed by atoms with E-state index in [0.29, 0.717) is 4.90 Å². The average molecular weight is 470 g/mol. The first-order chi connectivity index (χ1) is 13.2. The summed E-state index contributed by atoms with van der Waals surface area (Å²) in [7, 11) is -5.32. The lowest BCUT2D eigenvalue weighted by Crippen LogP contribution is -2.52. The van der Waals surface area contributed by atoms with Crippen LogP contribution in [-0.4, -0.2) is 41.7 Å². The molecule has 0 aliphatic rings. The van der Waals surface area contributed by atoms with E-state index in [1.165, 1.54) is 30.5 Å². The predicted molar refractivity (Wildman–Crippen MR) is 101 cm³/mol. The van der Waals surface area contributed by atoms with Crippen molar-refractivity contribution >= 4 is 43.8 Å². The minimum atomic E-state index is -5.22. The number of rotatable bonds is 5. The largest absolute Gasteiger partial charge is 0.426 e. The SMILES string of the molecule is C[S@@](=O)c1ccc(S(=O)(=O)c2ccc(NC(=O)C(C)(O)C(F)(F)F)c(Cl)c2)cc1. The van der Waals surface area contributed by atoms with Gasteiger partial charge in [-0.3, -0.25) is 9.00 Å². The number of hydrogen-bond donors (Lipinski definition) is 2. The highest BCUT2D eigenvalue weighted by atomic mass is 35.5. The minimum absolute atomic E-state index is 0.112. The van der Waals surface area contributed by atoms with Gasteiger partial charge in [0.25, 0.3) is 5.91 Å². The van der Waals surface area contributed by atoms with Crippen molar-refractivity contribution in [3.05, 3.63) is 47.5 Å². The van der Waals surface area contributed by atoms with Gasteiger partial charge in [-0.1, -0.05) is 11.6 Å². The van der Waals surface area contributed by atoms with Crippen molar-refractivity contribution in [1.82, 2.24) is 0 Å². The summed E-state index contributed by atoms with van der Waals surface area (Å²) < 4.78 is 75.0. The Balaban J connectivity index is 2.33. The van der Waals surface area contributed by atoms with Crippen molar-refractivity contribution in [3.8, 4) is 0 Å². The smallest absolute Gasteiger partial charge is 0.373 e. The third-order valence-corrected chi connectivity index (χ3v) is 6.98. The lowest BCUT2D eigenvalue weighted by Gasteiger charge is -2.25. The molecule has 12 heteroatoms. The second kappa shape index (κ2) is 8.05. The number of aliphatic hydroxyl groups is 1. The number of benzene rings is 2. The molecule has 0 spiro atoms. The van der Waals surface area contributed by atoms with E-state index in [4.69, 9.17) is 11.6 Å². The molecular formula is C17H15ClF3NO5S2. The van der Waals surface area contributed by atoms with Gasteiger partial charge in [-0.25, -0.2) is 8.42 Å². The molecule has 1 amide bonds. The Morgan fingerprint density at radius 1 is 1.10 bits per heavy atom. The van der Waals surface area contributed by atoms with E-state index in [9.17, 15) is 35.7 Å². The second-order valence-corrected chi connectivity index (χ2v) is 9.83. The fraction of sp³-hybridized carbons (Fsp3) is 0.235. The van der Waals surface area contributed by atoms with E-state index in [0.717, 1.165) is 18.2 Å². The quantitative estimate of drug-likeness (QED) is 0.700. The highest BCUT2D eigenvalue weighted by molar-refractivity contribution is 7.91. The molecule has 2 aromatic rings. The van der Waals surface area contributed by atoms with E-state index >= 15 is 0 Å². The van der Waals surface area contributed by atoms with Crippen molar-refractivity contribution in [1.29, 1.82) is 0 Å². The Morgan fingerprint density at radius 2 is 1.62 bits per heavy atom. The first-order valence-electron chi connectivity index (χ1n) is 7.76. The highest BCUT2D eigenvalue weighted by Gasteiger charge is 2.55. The Hall–Kier alpha value is -1.95. The maximum absolute atomic E-state index is 12.7. The molecular weight excluding hydrogens is 455 g/mol. The van der Waals surface area contributed by atoms with Crippen LogP contribution in [-0.2, 0) is 25.4 Å². The molecule has 0 saturated heterocycles. The van der Waals surface area contributed by atoms with Crippen LogP contribution in [0.25, 0.3) is 0 Å². The summed E-state index contributed by atoms with van der Waals surface area (Å²) in [5.74, 6) is -1.77. The van der Waals surface area contributed by atoms with Crippen LogP contribution in [0.5, 0.6) is 0 Å². The van der Waals surface area contributed by atoms with Crippen LogP contribution in [0.15, 0.2) is 57.2 Å². The highest BCUT2D eigenvalue weighted by Crippen LogP contribution is 2.33. The standard InChI is InChI=1S/C17H15ClF3NO5S2/c1-16(24,17(19,20)21)15(23)22-14-8-7-12(9-13(14)18)29(26,27)11-5-3-10(4-6-11)28(2)25/h3-9,24H,1-2H3,(H,22,23)/t16?,28-/m1/s1. The molecule has 0 fully saturated rings. The minimum Gasteiger partial charge on any atom is -0.373 e. The van der Waals surface area contributed by atoms with Crippen LogP contribution in [0.1, 0.15) is 6.92 Å². The van der Waals surface area contributed by atoms with Crippen molar-refractivity contribution in [2.75, 3.05) is 11.6 Å². The zero-order valence-corrected chi connectivity index (χ0v) is 17.3. The molecule has 1 unspecified atom stereocenters. The fourth-order valence-electron chi connectivity index (χ4n) is 2.08. The maximum atomic E-state index is 12.7. The number of nitrogens with one attached hydrogen (secondary N) is 1. The van der Waals surface area contributed by atoms with Gasteiger partial charge in [-0.2, -0.15) is 13.2 Å². The number of anilines is 1. The van der Waals surface area contributed by atoms with Crippen molar-refractivity contribution in [2.45, 2.75) is 33.4 Å². The zero-order chi connectivity index (χ0) is 22.2. The third kappa shape index (κ3) is 4.80. The zero-order valence-electron chi connectivity index (χ0n) is 15.0. The lowest BCUT2D eigenvalue weighted by atomic mass is 10.1. The third-order valence-electron chi connectivity index (χ3n) is 3.96. The van der Waals surface area contributed by atoms with E-state index in [-0.39, 0.29) is 27.4 Å². The van der Waals surface area contributed by atoms with Crippen molar-refractivity contribution < 1.29 is 35.7 Å². The van der Waals surface area contributed by atoms with Gasteiger partial charge < -0.3 is 10.4 Å². The average Bonchev–Trinajstić information content (AvgIpc) is 2.62. The molecule has 0 saturated carbocycles. The topological polar surface area (TPSA) is 101 Å². The van der Waals surface area contributed by atoms with Gasteiger partial charge in [0.15, 0.2) is 0 Å². The Bertz CT molecular complexity index is 1070. The number of sulfone groups is 1. The van der Waals surface area contributed by atoms with Gasteiger partial charge in [0.05, 0.1) is 20.5 Å². The van der Waals surface area contributed by atoms with Crippen molar-refractivity contribution in [3.63, 3.8) is 0 Å². The first-order valence-corrected chi connectivity index (χ1v) is 11.2. The normalized spacial score (nSPS) is 15.4. The summed E-state index contributed by atoms with van der Waals surface area (Å²) in [6, 6.07) is 8.31. The fourth-order valence-corrected chi connectivity index (χ4v) is 4.18. The first kappa shape index (κ1) is 23.3. The van der Waals surface area contributed by atoms with E-state index in [2.05, 4.69) is 0 Å². The lowest BCUT2D eigenvalue weighted by molar-refractivity contribution is -0.242. The Morgan fingerprint density at radius 3 is 2.07 bits per heavy atom. The Labute approximate surface area is 172 Å². The molecule has 158 valence electrons. The van der Waals surface area contributed by atoms with Gasteiger partial charge in [0.1, 0.15) is 0 Å². The van der Waals surface area contributed by atoms with Gasteiger partial charge in [-0.05, 0) is 49.4 Å². The van der Waals surface area contributed by atoms with E-state index in [1.807, 2.05) is 5.32 Å².